The summed E-state index contributed by atoms with van der Waals surface area (Å²) in [6.07, 6.45) is -0.156. The van der Waals surface area contributed by atoms with Gasteiger partial charge in [-0.25, -0.2) is 8.42 Å². The molecular weight excluding hydrogens is 256 g/mol. The van der Waals surface area contributed by atoms with Crippen LogP contribution in [0.5, 0.6) is 5.75 Å². The van der Waals surface area contributed by atoms with Crippen LogP contribution < -0.4 is 0 Å². The van der Waals surface area contributed by atoms with Gasteiger partial charge in [-0.05, 0) is 24.6 Å². The monoisotopic (exact) mass is 272 g/mol. The Kier molecular flexibility index (Phi) is 4.72. The number of benzene rings is 1. The third-order valence-electron chi connectivity index (χ3n) is 2.60. The Morgan fingerprint density at radius 2 is 1.89 bits per heavy atom. The molecule has 1 N–H and O–H groups in total. The fraction of sp³-hybridized carbons (Fsp3) is 0.417. The molecule has 0 spiro atoms. The first-order valence-electron chi connectivity index (χ1n) is 5.41. The van der Waals surface area contributed by atoms with E-state index < -0.39 is 21.1 Å². The summed E-state index contributed by atoms with van der Waals surface area (Å²) < 4.78 is 28.4. The van der Waals surface area contributed by atoms with Gasteiger partial charge in [-0.15, -0.1) is 0 Å². The number of methoxy groups -OCH3 is 1. The van der Waals surface area contributed by atoms with Gasteiger partial charge in [-0.2, -0.15) is 0 Å². The predicted octanol–water partition coefficient (Wildman–Crippen LogP) is 1.26. The van der Waals surface area contributed by atoms with E-state index in [0.29, 0.717) is 5.56 Å². The van der Waals surface area contributed by atoms with Crippen molar-refractivity contribution in [1.29, 1.82) is 0 Å². The van der Waals surface area contributed by atoms with Crippen molar-refractivity contribution in [1.82, 2.24) is 0 Å². The molecule has 0 aliphatic carbocycles. The van der Waals surface area contributed by atoms with Crippen LogP contribution in [-0.4, -0.2) is 31.9 Å². The van der Waals surface area contributed by atoms with Crippen LogP contribution in [0, 0.1) is 0 Å². The molecule has 100 valence electrons. The van der Waals surface area contributed by atoms with E-state index in [9.17, 15) is 13.2 Å². The number of rotatable bonds is 5. The zero-order valence-corrected chi connectivity index (χ0v) is 11.1. The zero-order valence-electron chi connectivity index (χ0n) is 10.3. The number of phenolic OH excluding ortho intramolecular Hbond substituents is 1. The summed E-state index contributed by atoms with van der Waals surface area (Å²) in [7, 11) is -2.19. The van der Waals surface area contributed by atoms with Gasteiger partial charge in [0, 0.05) is 0 Å². The van der Waals surface area contributed by atoms with E-state index in [0.717, 1.165) is 0 Å². The van der Waals surface area contributed by atoms with Gasteiger partial charge >= 0.3 is 5.97 Å². The van der Waals surface area contributed by atoms with Crippen molar-refractivity contribution in [3.05, 3.63) is 29.8 Å². The number of carbonyl (C=O) groups excluding carboxylic acids is 1. The number of sulfone groups is 1. The first kappa shape index (κ1) is 14.5. The number of ether oxygens (including phenoxy) is 1. The first-order valence-corrected chi connectivity index (χ1v) is 7.13. The zero-order chi connectivity index (χ0) is 13.8. The fourth-order valence-electron chi connectivity index (χ4n) is 1.41. The molecule has 6 heteroatoms. The molecule has 0 aliphatic heterocycles. The maximum atomic E-state index is 12.0. The predicted molar refractivity (Wildman–Crippen MR) is 66.8 cm³/mol. The third-order valence-corrected chi connectivity index (χ3v) is 4.73. The van der Waals surface area contributed by atoms with Crippen molar-refractivity contribution in [2.75, 3.05) is 7.11 Å². The van der Waals surface area contributed by atoms with Crippen LogP contribution in [0.3, 0.4) is 0 Å². The van der Waals surface area contributed by atoms with E-state index in [4.69, 9.17) is 5.11 Å². The Hall–Kier alpha value is -1.56. The third kappa shape index (κ3) is 4.03. The number of esters is 1. The molecular formula is C12H16O5S. The molecule has 0 aromatic heterocycles. The van der Waals surface area contributed by atoms with E-state index in [-0.39, 0.29) is 17.9 Å². The van der Waals surface area contributed by atoms with Gasteiger partial charge < -0.3 is 9.84 Å². The quantitative estimate of drug-likeness (QED) is 0.816. The van der Waals surface area contributed by atoms with Gasteiger partial charge in [-0.1, -0.05) is 12.1 Å². The molecule has 0 aliphatic rings. The van der Waals surface area contributed by atoms with E-state index in [1.807, 2.05) is 0 Å². The Morgan fingerprint density at radius 1 is 1.33 bits per heavy atom. The summed E-state index contributed by atoms with van der Waals surface area (Å²) in [5.41, 5.74) is 0.574. The van der Waals surface area contributed by atoms with Crippen molar-refractivity contribution < 1.29 is 23.1 Å². The average Bonchev–Trinajstić information content (AvgIpc) is 2.31. The van der Waals surface area contributed by atoms with Crippen LogP contribution in [-0.2, 0) is 25.1 Å². The second-order valence-electron chi connectivity index (χ2n) is 4.06. The molecule has 0 amide bonds. The largest absolute Gasteiger partial charge is 0.508 e. The number of carbonyl (C=O) groups is 1. The van der Waals surface area contributed by atoms with Crippen molar-refractivity contribution >= 4 is 15.8 Å². The normalized spacial score (nSPS) is 13.0. The molecule has 1 rings (SSSR count). The van der Waals surface area contributed by atoms with Crippen LogP contribution in [0.15, 0.2) is 24.3 Å². The van der Waals surface area contributed by atoms with Crippen LogP contribution >= 0.6 is 0 Å². The Balaban J connectivity index is 2.75. The number of phenols is 1. The molecule has 0 fully saturated rings. The number of hydrogen-bond donors (Lipinski definition) is 1. The van der Waals surface area contributed by atoms with Crippen molar-refractivity contribution in [2.24, 2.45) is 0 Å². The lowest BCUT2D eigenvalue weighted by Gasteiger charge is -2.11. The van der Waals surface area contributed by atoms with Gasteiger partial charge in [-0.3, -0.25) is 4.79 Å². The highest BCUT2D eigenvalue weighted by molar-refractivity contribution is 7.91. The molecule has 0 heterocycles. The van der Waals surface area contributed by atoms with Crippen LogP contribution in [0.25, 0.3) is 0 Å². The van der Waals surface area contributed by atoms with Crippen LogP contribution in [0.1, 0.15) is 18.9 Å². The lowest BCUT2D eigenvalue weighted by Crippen LogP contribution is -2.23. The number of hydrogen-bond acceptors (Lipinski definition) is 5. The summed E-state index contributed by atoms with van der Waals surface area (Å²) >= 11 is 0. The molecule has 5 nitrogen and oxygen atoms in total. The SMILES string of the molecule is COC(=O)CC(C)S(=O)(=O)Cc1ccc(O)cc1. The number of aromatic hydroxyl groups is 1. The standard InChI is InChI=1S/C12H16O5S/c1-9(7-12(14)17-2)18(15,16)8-10-3-5-11(13)6-4-10/h3-6,9,13H,7-8H2,1-2H3. The van der Waals surface area contributed by atoms with Gasteiger partial charge in [0.05, 0.1) is 24.5 Å². The van der Waals surface area contributed by atoms with Gasteiger partial charge in [0.15, 0.2) is 9.84 Å². The molecule has 1 aromatic carbocycles. The summed E-state index contributed by atoms with van der Waals surface area (Å²) in [5.74, 6) is -0.624. The lowest BCUT2D eigenvalue weighted by atomic mass is 10.2. The van der Waals surface area contributed by atoms with Crippen molar-refractivity contribution in [3.63, 3.8) is 0 Å². The second kappa shape index (κ2) is 5.86. The lowest BCUT2D eigenvalue weighted by molar-refractivity contribution is -0.140. The molecule has 0 radical (unpaired) electrons. The molecule has 18 heavy (non-hydrogen) atoms. The summed E-state index contributed by atoms with van der Waals surface area (Å²) in [5, 5.41) is 8.31. The van der Waals surface area contributed by atoms with E-state index >= 15 is 0 Å². The van der Waals surface area contributed by atoms with E-state index in [2.05, 4.69) is 4.74 Å². The maximum Gasteiger partial charge on any atom is 0.306 e. The summed E-state index contributed by atoms with van der Waals surface area (Å²) in [6, 6.07) is 5.93. The van der Waals surface area contributed by atoms with E-state index in [1.165, 1.54) is 38.3 Å². The topological polar surface area (TPSA) is 80.7 Å². The second-order valence-corrected chi connectivity index (χ2v) is 6.48. The highest BCUT2D eigenvalue weighted by Crippen LogP contribution is 2.16. The highest BCUT2D eigenvalue weighted by Gasteiger charge is 2.24. The fourth-order valence-corrected chi connectivity index (χ4v) is 2.74. The molecule has 1 unspecified atom stereocenters. The molecule has 1 aromatic rings. The molecule has 0 saturated heterocycles. The van der Waals surface area contributed by atoms with Crippen molar-refractivity contribution in [3.8, 4) is 5.75 Å². The van der Waals surface area contributed by atoms with Crippen LogP contribution in [0.2, 0.25) is 0 Å². The Bertz CT molecular complexity index is 504. The van der Waals surface area contributed by atoms with Crippen molar-refractivity contribution in [2.45, 2.75) is 24.3 Å². The minimum atomic E-state index is -3.41. The highest BCUT2D eigenvalue weighted by atomic mass is 32.2. The minimum Gasteiger partial charge on any atom is -0.508 e. The summed E-state index contributed by atoms with van der Waals surface area (Å²) in [6.45, 7) is 1.48. The Morgan fingerprint density at radius 3 is 2.39 bits per heavy atom. The van der Waals surface area contributed by atoms with E-state index in [1.54, 1.807) is 0 Å². The summed E-state index contributed by atoms with van der Waals surface area (Å²) in [4.78, 5) is 11.0. The molecule has 0 bridgehead atoms. The average molecular weight is 272 g/mol. The van der Waals surface area contributed by atoms with Gasteiger partial charge in [0.25, 0.3) is 0 Å². The van der Waals surface area contributed by atoms with Gasteiger partial charge in [0.2, 0.25) is 0 Å². The molecule has 0 saturated carbocycles. The van der Waals surface area contributed by atoms with Gasteiger partial charge in [0.1, 0.15) is 5.75 Å². The molecule has 1 atom stereocenters. The Labute approximate surface area is 106 Å². The van der Waals surface area contributed by atoms with Crippen LogP contribution in [0.4, 0.5) is 0 Å². The minimum absolute atomic E-state index is 0.0822. The smallest absolute Gasteiger partial charge is 0.306 e. The maximum absolute atomic E-state index is 12.0. The first-order chi connectivity index (χ1) is 8.35.